The average Bonchev–Trinajstić information content (AvgIpc) is 1.43. The van der Waals surface area contributed by atoms with Crippen LogP contribution in [0.2, 0.25) is 0 Å². The lowest BCUT2D eigenvalue weighted by Gasteiger charge is -2.44. The Kier molecular flexibility index (Phi) is 36.1. The lowest BCUT2D eigenvalue weighted by atomic mass is 10.1. The van der Waals surface area contributed by atoms with Gasteiger partial charge in [-0.1, -0.05) is 0 Å². The van der Waals surface area contributed by atoms with Gasteiger partial charge in [0, 0.05) is 142 Å². The Morgan fingerprint density at radius 3 is 1.05 bits per heavy atom. The van der Waals surface area contributed by atoms with Crippen molar-refractivity contribution >= 4 is 59.4 Å². The molecule has 3 saturated heterocycles. The fourth-order valence-corrected chi connectivity index (χ4v) is 18.7. The molecule has 6 aliphatic heterocycles. The predicted octanol–water partition coefficient (Wildman–Crippen LogP) is 3.89. The van der Waals surface area contributed by atoms with E-state index in [9.17, 15) is 122 Å². The number of nitrogens with one attached hydrogen (secondary N) is 2. The van der Waals surface area contributed by atoms with E-state index in [-0.39, 0.29) is 126 Å². The molecular weight excluding hydrogens is 2000 g/mol. The second-order valence-electron chi connectivity index (χ2n) is 34.6. The van der Waals surface area contributed by atoms with Gasteiger partial charge in [0.1, 0.15) is 80.2 Å². The van der Waals surface area contributed by atoms with Crippen LogP contribution >= 0.6 is 0 Å². The molecule has 54 heteroatoms. The lowest BCUT2D eigenvalue weighted by Crippen LogP contribution is -2.57. The van der Waals surface area contributed by atoms with Crippen molar-refractivity contribution in [3.63, 3.8) is 0 Å². The molecule has 11 heterocycles. The molecule has 3 aromatic carbocycles. The molecule has 11 atom stereocenters. The second-order valence-corrected chi connectivity index (χ2v) is 34.6. The largest absolute Gasteiger partial charge is 0.503 e. The van der Waals surface area contributed by atoms with E-state index in [0.717, 1.165) is 122 Å². The molecular formula is C94H101F9N12O33. The number of pyridine rings is 5. The number of carbonyl (C=O) groups is 10. The van der Waals surface area contributed by atoms with Gasteiger partial charge in [0.05, 0.1) is 99.8 Å². The number of aliphatic hydroxyl groups is 3. The van der Waals surface area contributed by atoms with Crippen LogP contribution in [-0.4, -0.2) is 269 Å². The van der Waals surface area contributed by atoms with Crippen molar-refractivity contribution in [1.82, 2.24) is 48.2 Å². The number of methoxy groups -OCH3 is 8. The zero-order chi connectivity index (χ0) is 108. The van der Waals surface area contributed by atoms with Crippen LogP contribution in [0.3, 0.4) is 0 Å². The topological polar surface area (TPSA) is 610 Å². The summed E-state index contributed by atoms with van der Waals surface area (Å²) in [5.41, 5.74) is 1.21. The maximum absolute atomic E-state index is 13.9. The maximum Gasteiger partial charge on any atom is 0.358 e. The summed E-state index contributed by atoms with van der Waals surface area (Å²) in [4.78, 5) is 188. The minimum absolute atomic E-state index is 0.0262. The van der Waals surface area contributed by atoms with Crippen LogP contribution in [0.15, 0.2) is 91.4 Å². The number of fused-ring (bicyclic) bond motifs is 15. The summed E-state index contributed by atoms with van der Waals surface area (Å²) in [6.07, 6.45) is 11.4. The third kappa shape index (κ3) is 23.8. The standard InChI is InChI=1S/C22H20F3N3O5.C21H18F3N3O5.C15H16N2O6.C13H17NO8.C11H13NO8.C7H6F3N.C5H11NO/c1-32-20-18-22(31)28-11-2-3-12(6-11)33-17(28)9-27(18)8-14(19(20)29)21(30)26-7-13-15(24)4-10(23)5-16(13)25;22-9-3-14(23)12(15(24)4-9)6-25-20(30)13-7-26-8-16-27(10-1-2-11(5-10)32-16)21(31)17(26)19(29)18(13)28;1-22-13-11-14(19)17-7-2-3-8(4-7)23-10(17)6-16(11)5-9(12(13)18)15(20)21;1-19-8(20-2)6-14-5-7(12(16)17)10(15)11(21-3)9(14)13(18)22-4;1-19-9-7(11(18)20-2)12(4-6(13)14)3-5(8(9)15)10(16)17;8-4-1-6(9)5(3-11)7(10)2-4;6-4-1-2-5(7)3-4/h4-5,8,11-12,17H,2-3,6-7,9H2,1H3,(H,26,30);3-4,7,10-11,16,29H,1-2,5-6,8H2,(H,25,30);5,7-8,10H,2-4,6H2,1H3,(H,20,21);5,8H,6H2,1-4H3,(H,16,17);3,6,13-14H,4H2,1-2H3,(H,16,17);1-2H,3,11H2;4-5,7H,1-3,6H2/t11-,12+,17+;10-,11+,16+;7-,8+,10+;;;;4-,5+/m000...0/s1. The first-order valence-corrected chi connectivity index (χ1v) is 45.3. The molecule has 0 unspecified atom stereocenters. The normalized spacial score (nSPS) is 20.4. The van der Waals surface area contributed by atoms with Gasteiger partial charge in [0.25, 0.3) is 29.5 Å². The number of aromatic nitrogens is 5. The third-order valence-corrected chi connectivity index (χ3v) is 25.6. The Morgan fingerprint density at radius 2 is 0.736 bits per heavy atom. The highest BCUT2D eigenvalue weighted by Gasteiger charge is 2.52. The molecule has 0 radical (unpaired) electrons. The van der Waals surface area contributed by atoms with Crippen LogP contribution < -0.4 is 68.2 Å². The molecule has 6 bridgehead atoms. The van der Waals surface area contributed by atoms with Gasteiger partial charge < -0.3 is 147 Å². The van der Waals surface area contributed by atoms with Crippen molar-refractivity contribution in [2.75, 3.05) is 56.9 Å². The van der Waals surface area contributed by atoms with Crippen molar-refractivity contribution in [2.24, 2.45) is 11.5 Å². The number of esters is 2. The van der Waals surface area contributed by atoms with Gasteiger partial charge in [0.15, 0.2) is 88.5 Å². The van der Waals surface area contributed by atoms with Crippen LogP contribution in [0, 0.1) is 52.4 Å². The molecule has 18 rings (SSSR count). The van der Waals surface area contributed by atoms with E-state index < -0.39 is 240 Å². The molecule has 10 aliphatic rings. The van der Waals surface area contributed by atoms with Crippen LogP contribution in [-0.2, 0) is 85.5 Å². The number of halogens is 9. The molecule has 4 saturated carbocycles. The van der Waals surface area contributed by atoms with E-state index in [0.29, 0.717) is 49.4 Å². The van der Waals surface area contributed by atoms with E-state index in [1.54, 1.807) is 9.80 Å². The highest BCUT2D eigenvalue weighted by molar-refractivity contribution is 6.02. The Hall–Kier alpha value is -14.9. The quantitative estimate of drug-likeness (QED) is 0.0260. The Morgan fingerprint density at radius 1 is 0.419 bits per heavy atom. The van der Waals surface area contributed by atoms with Crippen molar-refractivity contribution in [1.29, 1.82) is 0 Å². The highest BCUT2D eigenvalue weighted by atomic mass is 19.2. The monoisotopic (exact) mass is 2100 g/mol. The summed E-state index contributed by atoms with van der Waals surface area (Å²) in [6.45, 7) is -1.50. The van der Waals surface area contributed by atoms with Crippen LogP contribution in [0.4, 0.5) is 39.5 Å². The zero-order valence-corrected chi connectivity index (χ0v) is 79.9. The number of nitrogens with zero attached hydrogens (tertiary/aromatic N) is 8. The molecule has 7 fully saturated rings. The van der Waals surface area contributed by atoms with E-state index in [4.69, 9.17) is 79.6 Å². The Bertz CT molecular complexity index is 6760. The second kappa shape index (κ2) is 47.7. The van der Waals surface area contributed by atoms with Gasteiger partial charge in [-0.25, -0.2) is 63.5 Å². The first-order valence-electron chi connectivity index (χ1n) is 45.3. The van der Waals surface area contributed by atoms with Crippen molar-refractivity contribution in [3.05, 3.63) is 244 Å². The van der Waals surface area contributed by atoms with Gasteiger partial charge in [-0.05, 0) is 77.0 Å². The smallest absolute Gasteiger partial charge is 0.358 e. The molecule has 798 valence electrons. The molecule has 5 amide bonds. The van der Waals surface area contributed by atoms with Gasteiger partial charge in [-0.2, -0.15) is 0 Å². The van der Waals surface area contributed by atoms with Crippen LogP contribution in [0.5, 0.6) is 28.7 Å². The summed E-state index contributed by atoms with van der Waals surface area (Å²) < 4.78 is 182. The van der Waals surface area contributed by atoms with Gasteiger partial charge >= 0.3 is 29.8 Å². The minimum atomic E-state index is -1.87. The number of ether oxygens (including phenoxy) is 11. The van der Waals surface area contributed by atoms with Gasteiger partial charge in [-0.15, -0.1) is 0 Å². The average molecular weight is 2100 g/mol. The maximum atomic E-state index is 13.9. The van der Waals surface area contributed by atoms with Gasteiger partial charge in [0.2, 0.25) is 27.1 Å². The molecule has 4 aliphatic carbocycles. The number of carboxylic acid groups (broad SMARTS) is 3. The molecule has 45 nitrogen and oxygen atoms in total. The summed E-state index contributed by atoms with van der Waals surface area (Å²) in [6, 6.07) is 3.52. The SMILES string of the molecule is COC(=O)c1c(OC)c(=O)c(C(=O)O)cn1CC(O)O.COC(=O)c1c(OC)c(=O)c(C(=O)O)cn1CC(OC)OC.COc1c2n(cc(C(=O)NCc3c(F)cc(F)cc3F)c1=O)C[C@H]1O[C@@H]3CC[C@@H](C3)N1C2=O.COc1c2n(cc(C(=O)O)c1=O)C[C@H]1O[C@@H]3CC[C@@H](C3)N1C2=O.NCc1c(F)cc(F)cc1F.N[C@H]1CC[C@@H](O)C1.O=C(NCc1c(F)cc(F)cc1F)c1cn2c(c(O)c1=O)C(=O)N1[C@H]3CC[C@H](C3)O[C@@H]1C2. The lowest BCUT2D eigenvalue weighted by molar-refractivity contribution is -0.132. The summed E-state index contributed by atoms with van der Waals surface area (Å²) in [7, 11) is 9.66. The highest BCUT2D eigenvalue weighted by Crippen LogP contribution is 2.43. The van der Waals surface area contributed by atoms with Crippen molar-refractivity contribution in [3.8, 4) is 28.7 Å². The Labute approximate surface area is 829 Å². The number of carbonyl (C=O) groups excluding carboxylic acids is 7. The van der Waals surface area contributed by atoms with Crippen molar-refractivity contribution < 1.29 is 175 Å². The summed E-state index contributed by atoms with van der Waals surface area (Å²) >= 11 is 0. The van der Waals surface area contributed by atoms with Crippen LogP contribution in [0.25, 0.3) is 0 Å². The number of nitrogens with two attached hydrogens (primary N) is 2. The fourth-order valence-electron chi connectivity index (χ4n) is 18.7. The number of aromatic carboxylic acids is 3. The number of aliphatic hydroxyl groups excluding tert-OH is 2. The minimum Gasteiger partial charge on any atom is -0.503 e. The zero-order valence-electron chi connectivity index (χ0n) is 79.9. The summed E-state index contributed by atoms with van der Waals surface area (Å²) in [5.74, 6) is -21.4. The first kappa shape index (κ1) is 112. The number of benzene rings is 3. The molecule has 0 spiro atoms. The van der Waals surface area contributed by atoms with E-state index in [2.05, 4.69) is 20.1 Å². The third-order valence-electron chi connectivity index (χ3n) is 25.6. The number of rotatable bonds is 22. The van der Waals surface area contributed by atoms with E-state index in [1.807, 2.05) is 0 Å². The first-order chi connectivity index (χ1) is 70.2. The molecule has 13 N–H and O–H groups in total. The molecule has 148 heavy (non-hydrogen) atoms. The molecule has 8 aromatic rings. The van der Waals surface area contributed by atoms with E-state index in [1.165, 1.54) is 64.0 Å². The fraction of sp³-hybridized carbons (Fsp3) is 0.436. The number of aromatic hydroxyl groups is 1. The molecule has 5 aromatic heterocycles. The van der Waals surface area contributed by atoms with Crippen LogP contribution in [0.1, 0.15) is 198 Å². The number of amides is 5. The summed E-state index contributed by atoms with van der Waals surface area (Å²) in [5, 5.41) is 68.9. The van der Waals surface area contributed by atoms with E-state index >= 15 is 0 Å². The number of hydrogen-bond donors (Lipinski definition) is 11. The predicted molar refractivity (Wildman–Crippen MR) is 485 cm³/mol. The van der Waals surface area contributed by atoms with Gasteiger partial charge in [-0.3, -0.25) is 47.9 Å². The van der Waals surface area contributed by atoms with Crippen molar-refractivity contribution in [2.45, 2.75) is 209 Å². The Balaban J connectivity index is 0.000000159. The number of carboxylic acids is 3. The number of hydrogen-bond acceptors (Lipinski definition) is 32.